The zero-order valence-electron chi connectivity index (χ0n) is 8.55. The molecule has 1 rings (SSSR count). The number of rotatable bonds is 4. The normalized spacial score (nSPS) is 29.4. The average Bonchev–Trinajstić information content (AvgIpc) is 2.50. The summed E-state index contributed by atoms with van der Waals surface area (Å²) in [4.78, 5) is 13.3. The number of hydrogen-bond acceptors (Lipinski definition) is 2. The molecule has 0 aromatic heterocycles. The van der Waals surface area contributed by atoms with Crippen LogP contribution >= 0.6 is 0 Å². The topological polar surface area (TPSA) is 40.5 Å². The Morgan fingerprint density at radius 1 is 1.54 bits per heavy atom. The van der Waals surface area contributed by atoms with Gasteiger partial charge in [0.2, 0.25) is 0 Å². The van der Waals surface area contributed by atoms with Gasteiger partial charge in [0.25, 0.3) is 0 Å². The lowest BCUT2D eigenvalue weighted by atomic mass is 9.84. The molecule has 0 spiro atoms. The quantitative estimate of drug-likeness (QED) is 0.723. The van der Waals surface area contributed by atoms with Gasteiger partial charge in [-0.2, -0.15) is 0 Å². The minimum atomic E-state index is -0.617. The fraction of sp³-hybridized carbons (Fsp3) is 0.900. The molecular weight excluding hydrogens is 166 g/mol. The van der Waals surface area contributed by atoms with Crippen LogP contribution < -0.4 is 0 Å². The van der Waals surface area contributed by atoms with Gasteiger partial charge in [-0.3, -0.25) is 4.79 Å². The van der Waals surface area contributed by atoms with Crippen LogP contribution in [0.3, 0.4) is 0 Å². The van der Waals surface area contributed by atoms with Crippen LogP contribution in [0, 0.1) is 5.41 Å². The lowest BCUT2D eigenvalue weighted by molar-refractivity contribution is -0.148. The number of hydrogen-bond donors (Lipinski definition) is 1. The van der Waals surface area contributed by atoms with Gasteiger partial charge >= 0.3 is 5.97 Å². The zero-order valence-corrected chi connectivity index (χ0v) is 8.55. The second-order valence-electron chi connectivity index (χ2n) is 3.97. The summed E-state index contributed by atoms with van der Waals surface area (Å²) >= 11 is 0. The number of carboxylic acid groups (broad SMARTS) is 1. The maximum absolute atomic E-state index is 11.1. The predicted octanol–water partition coefficient (Wildman–Crippen LogP) is 1.58. The fourth-order valence-corrected chi connectivity index (χ4v) is 2.08. The van der Waals surface area contributed by atoms with E-state index >= 15 is 0 Å². The lowest BCUT2D eigenvalue weighted by Gasteiger charge is -2.22. The van der Waals surface area contributed by atoms with E-state index in [9.17, 15) is 4.79 Å². The highest BCUT2D eigenvalue weighted by atomic mass is 16.4. The first kappa shape index (κ1) is 10.5. The predicted molar refractivity (Wildman–Crippen MR) is 51.7 cm³/mol. The molecule has 0 bridgehead atoms. The van der Waals surface area contributed by atoms with Crippen molar-refractivity contribution >= 4 is 5.97 Å². The van der Waals surface area contributed by atoms with Crippen LogP contribution in [-0.2, 0) is 4.79 Å². The Balaban J connectivity index is 2.58. The van der Waals surface area contributed by atoms with Crippen LogP contribution in [0.1, 0.15) is 33.1 Å². The summed E-state index contributed by atoms with van der Waals surface area (Å²) in [6.07, 6.45) is 2.68. The van der Waals surface area contributed by atoms with Crippen molar-refractivity contribution in [3.05, 3.63) is 0 Å². The molecule has 0 saturated carbocycles. The third kappa shape index (κ3) is 2.02. The van der Waals surface area contributed by atoms with Crippen LogP contribution in [0.15, 0.2) is 0 Å². The van der Waals surface area contributed by atoms with Crippen LogP contribution in [0.2, 0.25) is 0 Å². The van der Waals surface area contributed by atoms with E-state index < -0.39 is 11.4 Å². The number of carbonyl (C=O) groups is 1. The Morgan fingerprint density at radius 3 is 2.62 bits per heavy atom. The van der Waals surface area contributed by atoms with Crippen molar-refractivity contribution in [2.75, 3.05) is 19.6 Å². The second-order valence-corrected chi connectivity index (χ2v) is 3.97. The molecule has 1 unspecified atom stereocenters. The Kier molecular flexibility index (Phi) is 3.31. The van der Waals surface area contributed by atoms with E-state index in [1.54, 1.807) is 0 Å². The number of likely N-dealkylation sites (tertiary alicyclic amines) is 1. The molecule has 1 fully saturated rings. The van der Waals surface area contributed by atoms with Crippen molar-refractivity contribution in [2.45, 2.75) is 33.1 Å². The molecule has 3 heteroatoms. The van der Waals surface area contributed by atoms with Crippen molar-refractivity contribution in [3.63, 3.8) is 0 Å². The molecule has 1 N–H and O–H groups in total. The fourth-order valence-electron chi connectivity index (χ4n) is 2.08. The summed E-state index contributed by atoms with van der Waals surface area (Å²) < 4.78 is 0. The van der Waals surface area contributed by atoms with E-state index in [2.05, 4.69) is 11.8 Å². The second kappa shape index (κ2) is 4.09. The summed E-state index contributed by atoms with van der Waals surface area (Å²) in [5, 5.41) is 9.12. The Morgan fingerprint density at radius 2 is 2.23 bits per heavy atom. The summed E-state index contributed by atoms with van der Waals surface area (Å²) in [5.74, 6) is -0.617. The van der Waals surface area contributed by atoms with E-state index in [1.807, 2.05) is 6.92 Å². The molecule has 1 aliphatic rings. The monoisotopic (exact) mass is 185 g/mol. The molecule has 13 heavy (non-hydrogen) atoms. The van der Waals surface area contributed by atoms with Crippen molar-refractivity contribution in [1.29, 1.82) is 0 Å². The molecule has 1 atom stereocenters. The van der Waals surface area contributed by atoms with Gasteiger partial charge in [0.15, 0.2) is 0 Å². The van der Waals surface area contributed by atoms with E-state index in [0.29, 0.717) is 0 Å². The van der Waals surface area contributed by atoms with E-state index in [4.69, 9.17) is 5.11 Å². The summed E-state index contributed by atoms with van der Waals surface area (Å²) in [7, 11) is 0. The molecule has 1 heterocycles. The molecule has 1 aliphatic heterocycles. The number of nitrogens with zero attached hydrogens (tertiary/aromatic N) is 1. The molecule has 0 aromatic rings. The van der Waals surface area contributed by atoms with Gasteiger partial charge in [0.05, 0.1) is 5.41 Å². The first-order valence-electron chi connectivity index (χ1n) is 5.10. The smallest absolute Gasteiger partial charge is 0.310 e. The average molecular weight is 185 g/mol. The minimum absolute atomic E-state index is 0.449. The number of aliphatic carboxylic acids is 1. The Labute approximate surface area is 79.7 Å². The summed E-state index contributed by atoms with van der Waals surface area (Å²) in [5.41, 5.74) is -0.449. The van der Waals surface area contributed by atoms with Crippen LogP contribution in [0.25, 0.3) is 0 Å². The molecule has 0 aromatic carbocycles. The first-order chi connectivity index (χ1) is 6.14. The SMILES string of the molecule is CCCN1CCC(CC)(C(=O)O)C1. The van der Waals surface area contributed by atoms with Gasteiger partial charge in [-0.15, -0.1) is 0 Å². The number of carboxylic acids is 1. The highest BCUT2D eigenvalue weighted by molar-refractivity contribution is 5.75. The largest absolute Gasteiger partial charge is 0.481 e. The zero-order chi connectivity index (χ0) is 9.90. The van der Waals surface area contributed by atoms with Crippen molar-refractivity contribution in [1.82, 2.24) is 4.90 Å². The van der Waals surface area contributed by atoms with Crippen molar-refractivity contribution < 1.29 is 9.90 Å². The molecular formula is C10H19NO2. The lowest BCUT2D eigenvalue weighted by Crippen LogP contribution is -2.34. The maximum Gasteiger partial charge on any atom is 0.310 e. The molecule has 0 radical (unpaired) electrons. The Hall–Kier alpha value is -0.570. The van der Waals surface area contributed by atoms with Gasteiger partial charge in [-0.25, -0.2) is 0 Å². The summed E-state index contributed by atoms with van der Waals surface area (Å²) in [6, 6.07) is 0. The molecule has 3 nitrogen and oxygen atoms in total. The standard InChI is InChI=1S/C10H19NO2/c1-3-6-11-7-5-10(4-2,8-11)9(12)13/h3-8H2,1-2H3,(H,12,13). The van der Waals surface area contributed by atoms with Crippen molar-refractivity contribution in [3.8, 4) is 0 Å². The van der Waals surface area contributed by atoms with Gasteiger partial charge in [0, 0.05) is 6.54 Å². The van der Waals surface area contributed by atoms with Crippen LogP contribution in [-0.4, -0.2) is 35.6 Å². The summed E-state index contributed by atoms with van der Waals surface area (Å²) in [6.45, 7) is 6.84. The molecule has 1 saturated heterocycles. The highest BCUT2D eigenvalue weighted by Gasteiger charge is 2.42. The third-order valence-corrected chi connectivity index (χ3v) is 3.10. The Bertz CT molecular complexity index is 193. The van der Waals surface area contributed by atoms with Crippen LogP contribution in [0.5, 0.6) is 0 Å². The van der Waals surface area contributed by atoms with Gasteiger partial charge in [0.1, 0.15) is 0 Å². The molecule has 0 amide bonds. The first-order valence-corrected chi connectivity index (χ1v) is 5.10. The molecule has 0 aliphatic carbocycles. The highest BCUT2D eigenvalue weighted by Crippen LogP contribution is 2.33. The van der Waals surface area contributed by atoms with Crippen LogP contribution in [0.4, 0.5) is 0 Å². The maximum atomic E-state index is 11.1. The van der Waals surface area contributed by atoms with E-state index in [0.717, 1.165) is 38.9 Å². The van der Waals surface area contributed by atoms with E-state index in [-0.39, 0.29) is 0 Å². The van der Waals surface area contributed by atoms with Crippen molar-refractivity contribution in [2.24, 2.45) is 5.41 Å². The van der Waals surface area contributed by atoms with Gasteiger partial charge in [-0.05, 0) is 32.4 Å². The minimum Gasteiger partial charge on any atom is -0.481 e. The molecule has 76 valence electrons. The third-order valence-electron chi connectivity index (χ3n) is 3.10. The van der Waals surface area contributed by atoms with E-state index in [1.165, 1.54) is 0 Å². The van der Waals surface area contributed by atoms with Gasteiger partial charge in [-0.1, -0.05) is 13.8 Å². The van der Waals surface area contributed by atoms with Gasteiger partial charge < -0.3 is 10.0 Å².